The molecular weight excluding hydrogens is 254 g/mol. The fraction of sp³-hybridized carbons (Fsp3) is 0.625. The standard InChI is InChI=1S/C16H25NOS/c1-12(2)18-16-6-4-5-14(11-16)13(3)17-15-7-9-19-10-8-15/h4-6,11-13,15,17H,7-10H2,1-3H3. The summed E-state index contributed by atoms with van der Waals surface area (Å²) < 4.78 is 5.76. The van der Waals surface area contributed by atoms with E-state index in [0.717, 1.165) is 5.75 Å². The summed E-state index contributed by atoms with van der Waals surface area (Å²) >= 11 is 2.07. The van der Waals surface area contributed by atoms with Gasteiger partial charge in [-0.2, -0.15) is 11.8 Å². The Labute approximate surface area is 121 Å². The molecule has 1 aliphatic heterocycles. The molecule has 1 N–H and O–H groups in total. The van der Waals surface area contributed by atoms with Gasteiger partial charge in [0, 0.05) is 12.1 Å². The molecule has 1 saturated heterocycles. The zero-order valence-corrected chi connectivity index (χ0v) is 13.0. The van der Waals surface area contributed by atoms with Crippen LogP contribution in [0.1, 0.15) is 45.2 Å². The van der Waals surface area contributed by atoms with Crippen molar-refractivity contribution in [1.82, 2.24) is 5.32 Å². The maximum absolute atomic E-state index is 5.76. The molecule has 0 aromatic heterocycles. The Balaban J connectivity index is 1.95. The molecule has 1 aromatic rings. The van der Waals surface area contributed by atoms with Gasteiger partial charge in [0.2, 0.25) is 0 Å². The Morgan fingerprint density at radius 3 is 2.63 bits per heavy atom. The number of hydrogen-bond donors (Lipinski definition) is 1. The molecule has 1 heterocycles. The molecular formula is C16H25NOS. The van der Waals surface area contributed by atoms with Gasteiger partial charge in [-0.25, -0.2) is 0 Å². The number of thioether (sulfide) groups is 1. The van der Waals surface area contributed by atoms with E-state index in [-0.39, 0.29) is 6.10 Å². The van der Waals surface area contributed by atoms with Gasteiger partial charge in [0.1, 0.15) is 5.75 Å². The molecule has 2 nitrogen and oxygen atoms in total. The van der Waals surface area contributed by atoms with E-state index in [2.05, 4.69) is 56.0 Å². The minimum atomic E-state index is 0.230. The van der Waals surface area contributed by atoms with Crippen LogP contribution >= 0.6 is 11.8 Å². The van der Waals surface area contributed by atoms with E-state index < -0.39 is 0 Å². The van der Waals surface area contributed by atoms with Crippen LogP contribution in [0.2, 0.25) is 0 Å². The van der Waals surface area contributed by atoms with Gasteiger partial charge >= 0.3 is 0 Å². The summed E-state index contributed by atoms with van der Waals surface area (Å²) in [6, 6.07) is 9.53. The summed E-state index contributed by atoms with van der Waals surface area (Å²) in [4.78, 5) is 0. The predicted octanol–water partition coefficient (Wildman–Crippen LogP) is 4.02. The van der Waals surface area contributed by atoms with Crippen LogP contribution in [0.3, 0.4) is 0 Å². The molecule has 2 rings (SSSR count). The van der Waals surface area contributed by atoms with Crippen LogP contribution in [0, 0.1) is 0 Å². The summed E-state index contributed by atoms with van der Waals surface area (Å²) in [5.41, 5.74) is 1.32. The van der Waals surface area contributed by atoms with Crippen molar-refractivity contribution in [2.45, 2.75) is 51.8 Å². The van der Waals surface area contributed by atoms with E-state index in [1.54, 1.807) is 0 Å². The molecule has 1 aromatic carbocycles. The molecule has 19 heavy (non-hydrogen) atoms. The number of ether oxygens (including phenoxy) is 1. The van der Waals surface area contributed by atoms with Crippen molar-refractivity contribution >= 4 is 11.8 Å². The topological polar surface area (TPSA) is 21.3 Å². The van der Waals surface area contributed by atoms with Gasteiger partial charge in [0.15, 0.2) is 0 Å². The zero-order chi connectivity index (χ0) is 13.7. The number of nitrogens with one attached hydrogen (secondary N) is 1. The first kappa shape index (κ1) is 14.7. The first-order chi connectivity index (χ1) is 9.15. The van der Waals surface area contributed by atoms with Crippen molar-refractivity contribution in [3.8, 4) is 5.75 Å². The molecule has 1 fully saturated rings. The van der Waals surface area contributed by atoms with Gasteiger partial charge in [-0.1, -0.05) is 12.1 Å². The van der Waals surface area contributed by atoms with Crippen molar-refractivity contribution < 1.29 is 4.74 Å². The molecule has 1 aliphatic rings. The smallest absolute Gasteiger partial charge is 0.120 e. The van der Waals surface area contributed by atoms with E-state index in [0.29, 0.717) is 12.1 Å². The highest BCUT2D eigenvalue weighted by molar-refractivity contribution is 7.99. The van der Waals surface area contributed by atoms with Crippen LogP contribution in [-0.4, -0.2) is 23.7 Å². The molecule has 0 radical (unpaired) electrons. The summed E-state index contributed by atoms with van der Waals surface area (Å²) in [5.74, 6) is 3.56. The number of rotatable bonds is 5. The van der Waals surface area contributed by atoms with Gasteiger partial charge in [0.25, 0.3) is 0 Å². The van der Waals surface area contributed by atoms with E-state index in [9.17, 15) is 0 Å². The van der Waals surface area contributed by atoms with Crippen molar-refractivity contribution in [3.05, 3.63) is 29.8 Å². The Morgan fingerprint density at radius 1 is 1.21 bits per heavy atom. The Bertz CT molecular complexity index is 388. The molecule has 106 valence electrons. The largest absolute Gasteiger partial charge is 0.491 e. The second-order valence-electron chi connectivity index (χ2n) is 5.51. The Hall–Kier alpha value is -0.670. The first-order valence-electron chi connectivity index (χ1n) is 7.25. The van der Waals surface area contributed by atoms with E-state index in [4.69, 9.17) is 4.74 Å². The third-order valence-corrected chi connectivity index (χ3v) is 4.49. The fourth-order valence-corrected chi connectivity index (χ4v) is 3.55. The van der Waals surface area contributed by atoms with Gasteiger partial charge in [0.05, 0.1) is 6.10 Å². The van der Waals surface area contributed by atoms with Crippen LogP contribution in [-0.2, 0) is 0 Å². The van der Waals surface area contributed by atoms with Gasteiger partial charge < -0.3 is 10.1 Å². The van der Waals surface area contributed by atoms with Crippen molar-refractivity contribution in [2.75, 3.05) is 11.5 Å². The second kappa shape index (κ2) is 7.20. The number of benzene rings is 1. The second-order valence-corrected chi connectivity index (χ2v) is 6.74. The van der Waals surface area contributed by atoms with Crippen molar-refractivity contribution in [2.24, 2.45) is 0 Å². The molecule has 1 unspecified atom stereocenters. The fourth-order valence-electron chi connectivity index (χ4n) is 2.44. The lowest BCUT2D eigenvalue weighted by Crippen LogP contribution is -2.34. The van der Waals surface area contributed by atoms with Crippen LogP contribution < -0.4 is 10.1 Å². The quantitative estimate of drug-likeness (QED) is 0.879. The number of hydrogen-bond acceptors (Lipinski definition) is 3. The summed E-state index contributed by atoms with van der Waals surface area (Å²) in [6.45, 7) is 6.37. The lowest BCUT2D eigenvalue weighted by Gasteiger charge is -2.27. The SMILES string of the molecule is CC(C)Oc1cccc(C(C)NC2CCSCC2)c1. The molecule has 0 saturated carbocycles. The third-order valence-electron chi connectivity index (χ3n) is 3.44. The summed E-state index contributed by atoms with van der Waals surface area (Å²) in [5, 5.41) is 3.75. The lowest BCUT2D eigenvalue weighted by molar-refractivity contribution is 0.242. The van der Waals surface area contributed by atoms with Crippen LogP contribution in [0.4, 0.5) is 0 Å². The highest BCUT2D eigenvalue weighted by Gasteiger charge is 2.16. The molecule has 3 heteroatoms. The summed E-state index contributed by atoms with van der Waals surface area (Å²) in [6.07, 6.45) is 2.81. The van der Waals surface area contributed by atoms with Gasteiger partial charge in [-0.15, -0.1) is 0 Å². The zero-order valence-electron chi connectivity index (χ0n) is 12.2. The van der Waals surface area contributed by atoms with E-state index in [1.165, 1.54) is 29.9 Å². The molecule has 0 bridgehead atoms. The molecule has 0 aliphatic carbocycles. The predicted molar refractivity (Wildman–Crippen MR) is 84.1 cm³/mol. The average molecular weight is 279 g/mol. The maximum Gasteiger partial charge on any atom is 0.120 e. The normalized spacial score (nSPS) is 18.5. The Morgan fingerprint density at radius 2 is 1.95 bits per heavy atom. The van der Waals surface area contributed by atoms with Crippen LogP contribution in [0.15, 0.2) is 24.3 Å². The van der Waals surface area contributed by atoms with Crippen molar-refractivity contribution in [1.29, 1.82) is 0 Å². The molecule has 0 spiro atoms. The van der Waals surface area contributed by atoms with Gasteiger partial charge in [-0.3, -0.25) is 0 Å². The average Bonchev–Trinajstić information content (AvgIpc) is 2.39. The molecule has 1 atom stereocenters. The van der Waals surface area contributed by atoms with E-state index in [1.807, 2.05) is 6.07 Å². The van der Waals surface area contributed by atoms with Crippen molar-refractivity contribution in [3.63, 3.8) is 0 Å². The minimum absolute atomic E-state index is 0.230. The van der Waals surface area contributed by atoms with Crippen LogP contribution in [0.25, 0.3) is 0 Å². The van der Waals surface area contributed by atoms with E-state index >= 15 is 0 Å². The monoisotopic (exact) mass is 279 g/mol. The lowest BCUT2D eigenvalue weighted by atomic mass is 10.0. The maximum atomic E-state index is 5.76. The Kier molecular flexibility index (Phi) is 5.59. The summed E-state index contributed by atoms with van der Waals surface area (Å²) in [7, 11) is 0. The highest BCUT2D eigenvalue weighted by atomic mass is 32.2. The molecule has 0 amide bonds. The minimum Gasteiger partial charge on any atom is -0.491 e. The third kappa shape index (κ3) is 4.73. The van der Waals surface area contributed by atoms with Crippen LogP contribution in [0.5, 0.6) is 5.75 Å². The highest BCUT2D eigenvalue weighted by Crippen LogP contribution is 2.23. The van der Waals surface area contributed by atoms with Gasteiger partial charge in [-0.05, 0) is 62.8 Å². The first-order valence-corrected chi connectivity index (χ1v) is 8.41.